The van der Waals surface area contributed by atoms with Gasteiger partial charge in [-0.2, -0.15) is 0 Å². The molecule has 210 valence electrons. The lowest BCUT2D eigenvalue weighted by Gasteiger charge is -2.26. The van der Waals surface area contributed by atoms with Crippen molar-refractivity contribution in [1.29, 1.82) is 0 Å². The van der Waals surface area contributed by atoms with E-state index in [1.807, 2.05) is 11.3 Å². The first kappa shape index (κ1) is 26.4. The summed E-state index contributed by atoms with van der Waals surface area (Å²) in [5.41, 5.74) is 9.73. The molecule has 1 unspecified atom stereocenters. The fourth-order valence-electron chi connectivity index (χ4n) is 6.34. The standard InChI is InChI=1S/C42H31NS/c1-3-10-30(11-4-1)32-18-24-35(25-19-32)43(36-26-20-33(21-27-36)31-12-5-2-6-13-31)37-28-22-34(23-29-37)38-15-9-16-40-39-14-7-8-17-41(39)44-42(38)40/h1-12,14-29,31H,13H2. The van der Waals surface area contributed by atoms with Crippen molar-refractivity contribution in [2.45, 2.75) is 12.3 Å². The van der Waals surface area contributed by atoms with Gasteiger partial charge in [0.15, 0.2) is 0 Å². The molecule has 7 aromatic rings. The first-order valence-electron chi connectivity index (χ1n) is 15.2. The Morgan fingerprint density at radius 3 is 1.82 bits per heavy atom. The van der Waals surface area contributed by atoms with Crippen LogP contribution in [0, 0.1) is 0 Å². The Balaban J connectivity index is 1.18. The predicted octanol–water partition coefficient (Wildman–Crippen LogP) is 12.5. The molecule has 0 spiro atoms. The Hall–Kier alpha value is -5.18. The van der Waals surface area contributed by atoms with Crippen molar-refractivity contribution in [3.8, 4) is 22.3 Å². The second-order valence-electron chi connectivity index (χ2n) is 11.3. The van der Waals surface area contributed by atoms with Gasteiger partial charge in [0.1, 0.15) is 0 Å². The van der Waals surface area contributed by atoms with E-state index in [4.69, 9.17) is 0 Å². The molecule has 1 aliphatic carbocycles. The van der Waals surface area contributed by atoms with Gasteiger partial charge in [-0.05, 0) is 76.7 Å². The molecule has 0 amide bonds. The molecule has 6 aromatic carbocycles. The van der Waals surface area contributed by atoms with E-state index in [9.17, 15) is 0 Å². The van der Waals surface area contributed by atoms with Crippen molar-refractivity contribution in [1.82, 2.24) is 0 Å². The zero-order valence-electron chi connectivity index (χ0n) is 24.3. The van der Waals surface area contributed by atoms with Crippen molar-refractivity contribution in [2.75, 3.05) is 4.90 Å². The Morgan fingerprint density at radius 1 is 0.500 bits per heavy atom. The van der Waals surface area contributed by atoms with Crippen LogP contribution >= 0.6 is 11.3 Å². The van der Waals surface area contributed by atoms with E-state index in [-0.39, 0.29) is 0 Å². The minimum atomic E-state index is 0.434. The van der Waals surface area contributed by atoms with Crippen LogP contribution in [0.1, 0.15) is 17.9 Å². The maximum Gasteiger partial charge on any atom is 0.0462 e. The molecule has 1 atom stereocenters. The summed E-state index contributed by atoms with van der Waals surface area (Å²) in [6.45, 7) is 0. The summed E-state index contributed by atoms with van der Waals surface area (Å²) in [6.07, 6.45) is 9.89. The van der Waals surface area contributed by atoms with E-state index < -0.39 is 0 Å². The Labute approximate surface area is 262 Å². The highest BCUT2D eigenvalue weighted by Crippen LogP contribution is 2.42. The highest BCUT2D eigenvalue weighted by molar-refractivity contribution is 7.26. The third-order valence-corrected chi connectivity index (χ3v) is 9.85. The summed E-state index contributed by atoms with van der Waals surface area (Å²) < 4.78 is 2.68. The number of hydrogen-bond acceptors (Lipinski definition) is 2. The van der Waals surface area contributed by atoms with E-state index in [0.717, 1.165) is 23.5 Å². The number of hydrogen-bond donors (Lipinski definition) is 0. The van der Waals surface area contributed by atoms with Gasteiger partial charge in [-0.25, -0.2) is 0 Å². The SMILES string of the molecule is C1=CCC(c2ccc(N(c3ccc(-c4ccccc4)cc3)c3ccc(-c4cccc5c4sc4ccccc45)cc3)cc2)C=C1. The third kappa shape index (κ3) is 4.94. The molecule has 0 bridgehead atoms. The summed E-state index contributed by atoms with van der Waals surface area (Å²) in [6, 6.07) is 53.0. The molecular weight excluding hydrogens is 551 g/mol. The molecule has 0 saturated carbocycles. The van der Waals surface area contributed by atoms with Crippen molar-refractivity contribution in [3.63, 3.8) is 0 Å². The number of thiophene rings is 1. The summed E-state index contributed by atoms with van der Waals surface area (Å²) in [4.78, 5) is 2.36. The van der Waals surface area contributed by atoms with Crippen molar-refractivity contribution >= 4 is 48.6 Å². The molecule has 0 fully saturated rings. The van der Waals surface area contributed by atoms with Gasteiger partial charge in [-0.1, -0.05) is 127 Å². The fourth-order valence-corrected chi connectivity index (χ4v) is 7.58. The zero-order chi connectivity index (χ0) is 29.3. The van der Waals surface area contributed by atoms with E-state index in [0.29, 0.717) is 5.92 Å². The average Bonchev–Trinajstić information content (AvgIpc) is 3.49. The van der Waals surface area contributed by atoms with Crippen LogP contribution < -0.4 is 4.90 Å². The van der Waals surface area contributed by atoms with Crippen LogP contribution in [-0.2, 0) is 0 Å². The predicted molar refractivity (Wildman–Crippen MR) is 191 cm³/mol. The van der Waals surface area contributed by atoms with Crippen LogP contribution in [-0.4, -0.2) is 0 Å². The molecule has 1 aromatic heterocycles. The first-order valence-corrected chi connectivity index (χ1v) is 16.0. The number of anilines is 3. The van der Waals surface area contributed by atoms with Crippen LogP contribution in [0.4, 0.5) is 17.1 Å². The maximum atomic E-state index is 2.36. The monoisotopic (exact) mass is 581 g/mol. The molecule has 8 rings (SSSR count). The largest absolute Gasteiger partial charge is 0.311 e. The minimum Gasteiger partial charge on any atom is -0.311 e. The Bertz CT molecular complexity index is 2120. The van der Waals surface area contributed by atoms with Crippen LogP contribution in [0.15, 0.2) is 170 Å². The Kier molecular flexibility index (Phi) is 6.90. The first-order chi connectivity index (χ1) is 21.8. The second-order valence-corrected chi connectivity index (χ2v) is 12.4. The molecule has 0 saturated heterocycles. The van der Waals surface area contributed by atoms with Gasteiger partial charge in [-0.15, -0.1) is 11.3 Å². The number of fused-ring (bicyclic) bond motifs is 3. The number of rotatable bonds is 6. The summed E-state index contributed by atoms with van der Waals surface area (Å²) >= 11 is 1.88. The molecule has 0 aliphatic heterocycles. The normalized spacial score (nSPS) is 14.3. The smallest absolute Gasteiger partial charge is 0.0462 e. The summed E-state index contributed by atoms with van der Waals surface area (Å²) in [7, 11) is 0. The summed E-state index contributed by atoms with van der Waals surface area (Å²) in [5.74, 6) is 0.434. The topological polar surface area (TPSA) is 3.24 Å². The molecule has 1 nitrogen and oxygen atoms in total. The molecular formula is C42H31NS. The maximum absolute atomic E-state index is 2.36. The average molecular weight is 582 g/mol. The van der Waals surface area contributed by atoms with Crippen LogP contribution in [0.5, 0.6) is 0 Å². The van der Waals surface area contributed by atoms with Gasteiger partial charge < -0.3 is 4.90 Å². The highest BCUT2D eigenvalue weighted by atomic mass is 32.1. The van der Waals surface area contributed by atoms with E-state index in [2.05, 4.69) is 175 Å². The molecule has 2 heteroatoms. The minimum absolute atomic E-state index is 0.434. The van der Waals surface area contributed by atoms with E-state index in [1.165, 1.54) is 48.0 Å². The molecule has 44 heavy (non-hydrogen) atoms. The lowest BCUT2D eigenvalue weighted by Crippen LogP contribution is -2.10. The zero-order valence-corrected chi connectivity index (χ0v) is 25.1. The van der Waals surface area contributed by atoms with Crippen molar-refractivity contribution < 1.29 is 0 Å². The second kappa shape index (κ2) is 11.5. The lowest BCUT2D eigenvalue weighted by atomic mass is 9.92. The summed E-state index contributed by atoms with van der Waals surface area (Å²) in [5, 5.41) is 2.66. The van der Waals surface area contributed by atoms with Crippen molar-refractivity contribution in [2.24, 2.45) is 0 Å². The van der Waals surface area contributed by atoms with Crippen LogP contribution in [0.25, 0.3) is 42.4 Å². The van der Waals surface area contributed by atoms with Gasteiger partial charge in [0.25, 0.3) is 0 Å². The van der Waals surface area contributed by atoms with Gasteiger partial charge in [0.2, 0.25) is 0 Å². The molecule has 0 radical (unpaired) electrons. The van der Waals surface area contributed by atoms with Gasteiger partial charge >= 0.3 is 0 Å². The molecule has 1 heterocycles. The number of nitrogens with zero attached hydrogens (tertiary/aromatic N) is 1. The van der Waals surface area contributed by atoms with Gasteiger partial charge in [0.05, 0.1) is 0 Å². The lowest BCUT2D eigenvalue weighted by molar-refractivity contribution is 0.854. The van der Waals surface area contributed by atoms with Crippen LogP contribution in [0.3, 0.4) is 0 Å². The highest BCUT2D eigenvalue weighted by Gasteiger charge is 2.16. The van der Waals surface area contributed by atoms with Crippen molar-refractivity contribution in [3.05, 3.63) is 175 Å². The molecule has 0 N–H and O–H groups in total. The van der Waals surface area contributed by atoms with Gasteiger partial charge in [-0.3, -0.25) is 0 Å². The fraction of sp³-hybridized carbons (Fsp3) is 0.0476. The van der Waals surface area contributed by atoms with E-state index >= 15 is 0 Å². The van der Waals surface area contributed by atoms with Crippen LogP contribution in [0.2, 0.25) is 0 Å². The van der Waals surface area contributed by atoms with E-state index in [1.54, 1.807) is 0 Å². The number of allylic oxidation sites excluding steroid dienone is 4. The number of benzene rings is 6. The quantitative estimate of drug-likeness (QED) is 0.189. The third-order valence-electron chi connectivity index (χ3n) is 8.63. The van der Waals surface area contributed by atoms with Gasteiger partial charge in [0, 0.05) is 43.2 Å². The Morgan fingerprint density at radius 2 is 1.11 bits per heavy atom. The molecule has 1 aliphatic rings.